The Hall–Kier alpha value is -1.34. The highest BCUT2D eigenvalue weighted by molar-refractivity contribution is 7.88. The van der Waals surface area contributed by atoms with Gasteiger partial charge in [0.2, 0.25) is 0 Å². The van der Waals surface area contributed by atoms with Crippen molar-refractivity contribution >= 4 is 63.7 Å². The van der Waals surface area contributed by atoms with E-state index in [1.165, 1.54) is 0 Å². The number of benzene rings is 2. The van der Waals surface area contributed by atoms with Crippen LogP contribution in [0, 0.1) is 0 Å². The highest BCUT2D eigenvalue weighted by Crippen LogP contribution is 2.45. The molecule has 238 valence electrons. The predicted molar refractivity (Wildman–Crippen MR) is 156 cm³/mol. The van der Waals surface area contributed by atoms with Crippen LogP contribution in [0.3, 0.4) is 0 Å². The summed E-state index contributed by atoms with van der Waals surface area (Å²) in [6, 6.07) is 3.23. The van der Waals surface area contributed by atoms with Gasteiger partial charge in [-0.3, -0.25) is 16.7 Å². The maximum absolute atomic E-state index is 13.5. The Kier molecular flexibility index (Phi) is 13.2. The van der Waals surface area contributed by atoms with Gasteiger partial charge < -0.3 is 0 Å². The Bertz CT molecular complexity index is 1460. The maximum atomic E-state index is 13.5. The molecule has 0 aromatic heterocycles. The fraction of sp³-hybridized carbons (Fsp3) is 0.500. The first-order valence-electron chi connectivity index (χ1n) is 12.7. The average Bonchev–Trinajstić information content (AvgIpc) is 2.92. The lowest BCUT2D eigenvalue weighted by atomic mass is 10.1. The molecule has 2 rings (SSSR count). The molecular weight excluding hydrogens is 679 g/mol. The van der Waals surface area contributed by atoms with E-state index in [0.717, 1.165) is 24.3 Å². The van der Waals surface area contributed by atoms with Gasteiger partial charge in [0.1, 0.15) is 19.6 Å². The van der Waals surface area contributed by atoms with Gasteiger partial charge in [0.05, 0.1) is 26.4 Å². The number of hydrogen-bond donors (Lipinski definition) is 0. The van der Waals surface area contributed by atoms with Gasteiger partial charge in [-0.15, -0.1) is 0 Å². The third kappa shape index (κ3) is 8.86. The number of rotatable bonds is 17. The first-order chi connectivity index (χ1) is 19.5. The van der Waals surface area contributed by atoms with Gasteiger partial charge in [-0.1, -0.05) is 50.9 Å². The van der Waals surface area contributed by atoms with Crippen molar-refractivity contribution in [1.29, 1.82) is 0 Å². The van der Waals surface area contributed by atoms with Crippen LogP contribution in [0.15, 0.2) is 43.8 Å². The molecule has 0 aliphatic rings. The van der Waals surface area contributed by atoms with E-state index in [1.54, 1.807) is 27.7 Å². The van der Waals surface area contributed by atoms with Crippen molar-refractivity contribution in [2.45, 2.75) is 73.0 Å². The van der Waals surface area contributed by atoms with E-state index in [2.05, 4.69) is 0 Å². The molecular formula is C24H32Cl2O12S4. The highest BCUT2D eigenvalue weighted by atomic mass is 35.5. The summed E-state index contributed by atoms with van der Waals surface area (Å²) in [5.74, 6) is 0. The van der Waals surface area contributed by atoms with Gasteiger partial charge in [0, 0.05) is 21.2 Å². The minimum absolute atomic E-state index is 0.218. The Morgan fingerprint density at radius 3 is 0.810 bits per heavy atom. The van der Waals surface area contributed by atoms with E-state index in [9.17, 15) is 33.7 Å². The smallest absolute Gasteiger partial charge is 0.266 e. The van der Waals surface area contributed by atoms with Crippen molar-refractivity contribution in [3.63, 3.8) is 0 Å². The average molecular weight is 712 g/mol. The first kappa shape index (κ1) is 36.8. The van der Waals surface area contributed by atoms with Crippen LogP contribution in [0.1, 0.15) is 53.4 Å². The molecule has 0 heterocycles. The number of halogens is 2. The van der Waals surface area contributed by atoms with Crippen LogP contribution in [0.25, 0.3) is 11.1 Å². The normalized spacial score (nSPS) is 13.0. The van der Waals surface area contributed by atoms with Gasteiger partial charge in [-0.25, -0.2) is 0 Å². The Balaban J connectivity index is 3.36. The molecule has 2 aromatic carbocycles. The number of hydrogen-bond acceptors (Lipinski definition) is 12. The molecule has 0 amide bonds. The zero-order valence-corrected chi connectivity index (χ0v) is 28.0. The lowest BCUT2D eigenvalue weighted by Gasteiger charge is -2.21. The summed E-state index contributed by atoms with van der Waals surface area (Å²) in [5.41, 5.74) is -1.80. The monoisotopic (exact) mass is 710 g/mol. The van der Waals surface area contributed by atoms with Crippen molar-refractivity contribution in [3.8, 4) is 11.1 Å². The molecule has 0 spiro atoms. The van der Waals surface area contributed by atoms with Crippen molar-refractivity contribution in [2.75, 3.05) is 26.4 Å². The van der Waals surface area contributed by atoms with E-state index in [0.29, 0.717) is 0 Å². The molecule has 0 aliphatic heterocycles. The second-order valence-corrected chi connectivity index (χ2v) is 15.9. The lowest BCUT2D eigenvalue weighted by Crippen LogP contribution is -2.18. The van der Waals surface area contributed by atoms with Crippen molar-refractivity contribution in [2.24, 2.45) is 0 Å². The Morgan fingerprint density at radius 1 is 0.452 bits per heavy atom. The largest absolute Gasteiger partial charge is 0.297 e. The SMILES string of the molecule is CCCOS(=O)(=O)c1cc(Cl)cc(S(=O)(=O)OCCC)c1-c1c(S(=O)(=O)OCCC)cc(Cl)cc1S(=O)(=O)OCCC. The van der Waals surface area contributed by atoms with Crippen LogP contribution in [0.5, 0.6) is 0 Å². The van der Waals surface area contributed by atoms with Crippen LogP contribution in [0.2, 0.25) is 10.0 Å². The van der Waals surface area contributed by atoms with E-state index in [1.807, 2.05) is 0 Å². The van der Waals surface area contributed by atoms with E-state index >= 15 is 0 Å². The van der Waals surface area contributed by atoms with Crippen molar-refractivity contribution in [3.05, 3.63) is 34.3 Å². The Morgan fingerprint density at radius 2 is 0.643 bits per heavy atom. The summed E-state index contributed by atoms with van der Waals surface area (Å²) < 4.78 is 128. The van der Waals surface area contributed by atoms with Crippen LogP contribution in [0.4, 0.5) is 0 Å². The predicted octanol–water partition coefficient (Wildman–Crippen LogP) is 5.12. The molecule has 0 fully saturated rings. The molecule has 0 saturated heterocycles. The second-order valence-electron chi connectivity index (χ2n) is 8.66. The van der Waals surface area contributed by atoms with E-state index in [4.69, 9.17) is 39.9 Å². The maximum Gasteiger partial charge on any atom is 0.297 e. The molecule has 0 radical (unpaired) electrons. The third-order valence-electron chi connectivity index (χ3n) is 5.16. The summed E-state index contributed by atoms with van der Waals surface area (Å²) in [6.45, 7) is 5.03. The Labute approximate surface area is 257 Å². The minimum atomic E-state index is -4.90. The summed E-state index contributed by atoms with van der Waals surface area (Å²) in [5, 5.41) is -0.827. The van der Waals surface area contributed by atoms with Gasteiger partial charge >= 0.3 is 0 Å². The van der Waals surface area contributed by atoms with Crippen molar-refractivity contribution < 1.29 is 50.4 Å². The lowest BCUT2D eigenvalue weighted by molar-refractivity contribution is 0.314. The van der Waals surface area contributed by atoms with Crippen LogP contribution >= 0.6 is 23.2 Å². The standard InChI is InChI=1S/C24H32Cl2O12S4/c1-5-9-35-39(27,28)19-13-17(25)14-20(40(29,30)36-10-6-2)23(19)24-21(41(31,32)37-11-7-3)15-18(26)16-22(24)42(33,34)38-12-8-4/h13-16H,5-12H2,1-4H3. The first-order valence-corrected chi connectivity index (χ1v) is 19.1. The molecule has 0 aliphatic carbocycles. The molecule has 18 heteroatoms. The summed E-state index contributed by atoms with van der Waals surface area (Å²) in [4.78, 5) is -3.77. The van der Waals surface area contributed by atoms with Gasteiger partial charge in [0.25, 0.3) is 40.5 Å². The molecule has 12 nitrogen and oxygen atoms in total. The molecule has 0 unspecified atom stereocenters. The van der Waals surface area contributed by atoms with E-state index in [-0.39, 0.29) is 52.1 Å². The quantitative estimate of drug-likeness (QED) is 0.199. The molecule has 2 aromatic rings. The second kappa shape index (κ2) is 15.1. The van der Waals surface area contributed by atoms with Crippen LogP contribution in [-0.2, 0) is 57.2 Å². The van der Waals surface area contributed by atoms with Gasteiger partial charge in [-0.05, 0) is 49.9 Å². The summed E-state index contributed by atoms with van der Waals surface area (Å²) in [6.07, 6.45) is 0.872. The zero-order valence-electron chi connectivity index (χ0n) is 23.3. The summed E-state index contributed by atoms with van der Waals surface area (Å²) in [7, 11) is -19.6. The van der Waals surface area contributed by atoms with E-state index < -0.39 is 81.2 Å². The topological polar surface area (TPSA) is 173 Å². The molecule has 0 atom stereocenters. The fourth-order valence-electron chi connectivity index (χ4n) is 3.42. The van der Waals surface area contributed by atoms with Crippen molar-refractivity contribution in [1.82, 2.24) is 0 Å². The molecule has 0 bridgehead atoms. The fourth-order valence-corrected chi connectivity index (χ4v) is 9.23. The third-order valence-corrected chi connectivity index (χ3v) is 10.9. The molecule has 42 heavy (non-hydrogen) atoms. The minimum Gasteiger partial charge on any atom is -0.266 e. The summed E-state index contributed by atoms with van der Waals surface area (Å²) >= 11 is 12.3. The molecule has 0 N–H and O–H groups in total. The van der Waals surface area contributed by atoms with Crippen LogP contribution in [-0.4, -0.2) is 60.1 Å². The van der Waals surface area contributed by atoms with Gasteiger partial charge in [-0.2, -0.15) is 33.7 Å². The molecule has 0 saturated carbocycles. The van der Waals surface area contributed by atoms with Crippen LogP contribution < -0.4 is 0 Å². The highest BCUT2D eigenvalue weighted by Gasteiger charge is 2.38. The zero-order chi connectivity index (χ0) is 31.9. The van der Waals surface area contributed by atoms with Gasteiger partial charge in [0.15, 0.2) is 0 Å².